The van der Waals surface area contributed by atoms with Crippen LogP contribution in [0.15, 0.2) is 13.5 Å². The van der Waals surface area contributed by atoms with Gasteiger partial charge in [0.2, 0.25) is 0 Å². The fourth-order valence-corrected chi connectivity index (χ4v) is 12.5. The second-order valence-electron chi connectivity index (χ2n) is 9.27. The summed E-state index contributed by atoms with van der Waals surface area (Å²) in [7, 11) is -7.95. The summed E-state index contributed by atoms with van der Waals surface area (Å²) in [6.45, 7) is -4.70. The standard InChI is InChI=1S/C24H48F6N3O14P3/c1-34-5-9-38-13-17-42-48(43-18-14-39-10-6-35-2)31-49(44-19-15-40-11-7-36-3,45-20-16-41-12-8-37-4)33-50(32-48,46-21-23(25,26)27)47-22-24(28,29)30/h5-22H2,1-4H3. The molecule has 0 fully saturated rings. The van der Waals surface area contributed by atoms with Crippen molar-refractivity contribution in [2.45, 2.75) is 12.4 Å². The van der Waals surface area contributed by atoms with Crippen LogP contribution in [-0.2, 0) is 65.0 Å². The summed E-state index contributed by atoms with van der Waals surface area (Å²) in [6, 6.07) is 0. The van der Waals surface area contributed by atoms with Crippen molar-refractivity contribution in [2.75, 3.05) is 147 Å². The SMILES string of the molecule is COCCOCCOP1(OCCOCCOC)=NP(OCCOCCOC)(OCCOCCOC)=NP(OCC(F)(F)F)(OCC(F)(F)F)=N1. The number of methoxy groups -OCH3 is 4. The molecule has 1 aliphatic rings. The Kier molecular flexibility index (Phi) is 25.3. The van der Waals surface area contributed by atoms with Gasteiger partial charge >= 0.3 is 35.3 Å². The summed E-state index contributed by atoms with van der Waals surface area (Å²) in [5.74, 6) is 0. The monoisotopic (exact) mass is 809 g/mol. The molecule has 17 nitrogen and oxygen atoms in total. The van der Waals surface area contributed by atoms with Gasteiger partial charge in [-0.05, 0) is 0 Å². The molecule has 0 aliphatic carbocycles. The van der Waals surface area contributed by atoms with E-state index in [1.54, 1.807) is 0 Å². The van der Waals surface area contributed by atoms with E-state index >= 15 is 0 Å². The van der Waals surface area contributed by atoms with Gasteiger partial charge in [-0.3, -0.25) is 9.05 Å². The molecule has 0 unspecified atom stereocenters. The van der Waals surface area contributed by atoms with Crippen LogP contribution in [0.4, 0.5) is 26.3 Å². The van der Waals surface area contributed by atoms with E-state index in [-0.39, 0.29) is 106 Å². The molecule has 0 saturated heterocycles. The number of hydrogen-bond acceptors (Lipinski definition) is 17. The summed E-state index contributed by atoms with van der Waals surface area (Å²) in [5, 5.41) is 0. The van der Waals surface area contributed by atoms with Gasteiger partial charge in [0.25, 0.3) is 0 Å². The van der Waals surface area contributed by atoms with Crippen LogP contribution in [-0.4, -0.2) is 160 Å². The first-order valence-electron chi connectivity index (χ1n) is 15.0. The third-order valence-electron chi connectivity index (χ3n) is 5.15. The van der Waals surface area contributed by atoms with Crippen molar-refractivity contribution in [3.8, 4) is 0 Å². The topological polar surface area (TPSA) is 166 Å². The maximum absolute atomic E-state index is 13.5. The van der Waals surface area contributed by atoms with Gasteiger partial charge in [0.1, 0.15) is 0 Å². The van der Waals surface area contributed by atoms with E-state index in [9.17, 15) is 26.3 Å². The van der Waals surface area contributed by atoms with Gasteiger partial charge < -0.3 is 56.0 Å². The summed E-state index contributed by atoms with van der Waals surface area (Å²) < 4.78 is 169. The Morgan fingerprint density at radius 3 is 0.780 bits per heavy atom. The predicted octanol–water partition coefficient (Wildman–Crippen LogP) is 5.71. The third-order valence-corrected chi connectivity index (χ3v) is 13.6. The van der Waals surface area contributed by atoms with Crippen LogP contribution in [0.25, 0.3) is 0 Å². The largest absolute Gasteiger partial charge is 0.412 e. The van der Waals surface area contributed by atoms with Crippen molar-refractivity contribution >= 4 is 23.0 Å². The molecule has 0 saturated carbocycles. The van der Waals surface area contributed by atoms with Crippen molar-refractivity contribution < 1.29 is 91.4 Å². The first-order valence-corrected chi connectivity index (χ1v) is 19.6. The lowest BCUT2D eigenvalue weighted by Crippen LogP contribution is -2.20. The molecule has 0 spiro atoms. The minimum Gasteiger partial charge on any atom is -0.382 e. The molecule has 0 aromatic carbocycles. The van der Waals surface area contributed by atoms with Gasteiger partial charge in [0.05, 0.1) is 106 Å². The Morgan fingerprint density at radius 1 is 0.340 bits per heavy atom. The van der Waals surface area contributed by atoms with Crippen molar-refractivity contribution in [3.05, 3.63) is 0 Å². The lowest BCUT2D eigenvalue weighted by Gasteiger charge is -2.33. The number of nitrogens with zero attached hydrogens (tertiary/aromatic N) is 3. The van der Waals surface area contributed by atoms with Crippen LogP contribution in [0, 0.1) is 0 Å². The summed E-state index contributed by atoms with van der Waals surface area (Å²) in [4.78, 5) is 0. The number of ether oxygens (including phenoxy) is 8. The third kappa shape index (κ3) is 22.7. The molecule has 0 aromatic heterocycles. The molecular weight excluding hydrogens is 761 g/mol. The second-order valence-corrected chi connectivity index (χ2v) is 15.9. The zero-order valence-electron chi connectivity index (χ0n) is 28.4. The zero-order valence-corrected chi connectivity index (χ0v) is 31.1. The van der Waals surface area contributed by atoms with Crippen molar-refractivity contribution in [1.82, 2.24) is 0 Å². The summed E-state index contributed by atoms with van der Waals surface area (Å²) in [5.41, 5.74) is 0. The molecule has 1 heterocycles. The molecule has 0 radical (unpaired) electrons. The molecule has 300 valence electrons. The zero-order chi connectivity index (χ0) is 37.2. The number of halogens is 6. The van der Waals surface area contributed by atoms with Crippen LogP contribution < -0.4 is 0 Å². The Balaban J connectivity index is 3.79. The Morgan fingerprint density at radius 2 is 0.560 bits per heavy atom. The van der Waals surface area contributed by atoms with E-state index in [0.717, 1.165) is 0 Å². The molecule has 26 heteroatoms. The first-order chi connectivity index (χ1) is 23.8. The van der Waals surface area contributed by atoms with Gasteiger partial charge in [-0.25, -0.2) is 0 Å². The fourth-order valence-electron chi connectivity index (χ4n) is 3.06. The van der Waals surface area contributed by atoms with Gasteiger partial charge in [-0.2, -0.15) is 26.3 Å². The van der Waals surface area contributed by atoms with Crippen molar-refractivity contribution in [1.29, 1.82) is 0 Å². The average molecular weight is 810 g/mol. The second kappa shape index (κ2) is 26.5. The maximum Gasteiger partial charge on any atom is 0.412 e. The molecule has 1 aliphatic heterocycles. The van der Waals surface area contributed by atoms with E-state index < -0.39 is 48.5 Å². The lowest BCUT2D eigenvalue weighted by atomic mass is 10.7. The molecule has 50 heavy (non-hydrogen) atoms. The first kappa shape index (κ1) is 47.7. The Hall–Kier alpha value is -0.290. The molecule has 0 N–H and O–H groups in total. The molecular formula is C24H48F6N3O14P3. The molecule has 0 bridgehead atoms. The molecule has 0 atom stereocenters. The summed E-state index contributed by atoms with van der Waals surface area (Å²) in [6.07, 6.45) is -10.1. The van der Waals surface area contributed by atoms with Crippen molar-refractivity contribution in [3.63, 3.8) is 0 Å². The maximum atomic E-state index is 13.5. The molecule has 1 rings (SSSR count). The van der Waals surface area contributed by atoms with Gasteiger partial charge in [0.15, 0.2) is 13.2 Å². The van der Waals surface area contributed by atoms with E-state index in [1.165, 1.54) is 28.4 Å². The lowest BCUT2D eigenvalue weighted by molar-refractivity contribution is -0.163. The quantitative estimate of drug-likeness (QED) is 0.0460. The minimum atomic E-state index is -5.05. The van der Waals surface area contributed by atoms with Crippen LogP contribution in [0.3, 0.4) is 0 Å². The highest BCUT2D eigenvalue weighted by Crippen LogP contribution is 2.80. The highest BCUT2D eigenvalue weighted by molar-refractivity contribution is 7.78. The van der Waals surface area contributed by atoms with Gasteiger partial charge in [-0.15, -0.1) is 13.5 Å². The predicted molar refractivity (Wildman–Crippen MR) is 167 cm³/mol. The Bertz CT molecular complexity index is 965. The van der Waals surface area contributed by atoms with Crippen LogP contribution >= 0.6 is 23.0 Å². The molecule has 0 aromatic rings. The fraction of sp³-hybridized carbons (Fsp3) is 1.00. The van der Waals surface area contributed by atoms with E-state index in [0.29, 0.717) is 0 Å². The number of rotatable bonds is 32. The van der Waals surface area contributed by atoms with Crippen LogP contribution in [0.1, 0.15) is 0 Å². The Labute approximate surface area is 287 Å². The number of alkyl halides is 6. The average Bonchev–Trinajstić information content (AvgIpc) is 3.05. The minimum absolute atomic E-state index is 0.132. The molecule has 0 amide bonds. The smallest absolute Gasteiger partial charge is 0.382 e. The van der Waals surface area contributed by atoms with Crippen LogP contribution in [0.5, 0.6) is 0 Å². The van der Waals surface area contributed by atoms with E-state index in [2.05, 4.69) is 13.5 Å². The van der Waals surface area contributed by atoms with Crippen molar-refractivity contribution in [2.24, 2.45) is 13.5 Å². The normalized spacial score (nSPS) is 16.9. The highest BCUT2D eigenvalue weighted by atomic mass is 31.3. The van der Waals surface area contributed by atoms with Crippen LogP contribution in [0.2, 0.25) is 0 Å². The van der Waals surface area contributed by atoms with Gasteiger partial charge in [-0.1, -0.05) is 0 Å². The summed E-state index contributed by atoms with van der Waals surface area (Å²) >= 11 is 0. The van der Waals surface area contributed by atoms with Gasteiger partial charge in [0, 0.05) is 28.4 Å². The number of hydrogen-bond donors (Lipinski definition) is 0. The van der Waals surface area contributed by atoms with E-state index in [1.807, 2.05) is 0 Å². The highest BCUT2D eigenvalue weighted by Gasteiger charge is 2.46. The van der Waals surface area contributed by atoms with E-state index in [4.69, 9.17) is 65.0 Å².